The molecule has 0 amide bonds. The lowest BCUT2D eigenvalue weighted by Crippen LogP contribution is -2.28. The Balaban J connectivity index is 1.69. The molecule has 1 aliphatic rings. The monoisotopic (exact) mass is 264 g/mol. The van der Waals surface area contributed by atoms with Crippen LogP contribution in [0.15, 0.2) is 10.7 Å². The van der Waals surface area contributed by atoms with Gasteiger partial charge in [0.15, 0.2) is 0 Å². The fourth-order valence-electron chi connectivity index (χ4n) is 2.24. The average molecular weight is 264 g/mol. The standard InChI is InChI=1S/C12H16N4OS/c1-8-14-7-10(18-8)12-15-11(17-16-12)6-9-2-4-13-5-3-9/h7,9,13H,2-6H2,1H3. The topological polar surface area (TPSA) is 63.8 Å². The molecule has 3 rings (SSSR count). The van der Waals surface area contributed by atoms with Crippen LogP contribution in [0.1, 0.15) is 23.7 Å². The van der Waals surface area contributed by atoms with Crippen molar-refractivity contribution in [3.8, 4) is 10.7 Å². The third kappa shape index (κ3) is 2.59. The van der Waals surface area contributed by atoms with Crippen LogP contribution in [0.5, 0.6) is 0 Å². The van der Waals surface area contributed by atoms with Crippen molar-refractivity contribution >= 4 is 11.3 Å². The highest BCUT2D eigenvalue weighted by molar-refractivity contribution is 7.14. The molecule has 0 unspecified atom stereocenters. The first-order valence-electron chi connectivity index (χ1n) is 6.27. The molecule has 0 atom stereocenters. The Kier molecular flexibility index (Phi) is 3.38. The summed E-state index contributed by atoms with van der Waals surface area (Å²) in [6, 6.07) is 0. The van der Waals surface area contributed by atoms with Crippen molar-refractivity contribution in [1.29, 1.82) is 0 Å². The summed E-state index contributed by atoms with van der Waals surface area (Å²) in [6.45, 7) is 4.17. The highest BCUT2D eigenvalue weighted by Gasteiger charge is 2.18. The number of thiazole rings is 1. The Morgan fingerprint density at radius 2 is 2.28 bits per heavy atom. The number of aromatic nitrogens is 3. The smallest absolute Gasteiger partial charge is 0.227 e. The Labute approximate surface area is 110 Å². The minimum atomic E-state index is 0.669. The summed E-state index contributed by atoms with van der Waals surface area (Å²) in [6.07, 6.45) is 5.08. The van der Waals surface area contributed by atoms with Crippen LogP contribution in [0.25, 0.3) is 10.7 Å². The molecule has 0 bridgehead atoms. The van der Waals surface area contributed by atoms with E-state index in [0.29, 0.717) is 11.7 Å². The largest absolute Gasteiger partial charge is 0.339 e. The van der Waals surface area contributed by atoms with Crippen LogP contribution in [0.4, 0.5) is 0 Å². The van der Waals surface area contributed by atoms with Gasteiger partial charge in [-0.15, -0.1) is 11.3 Å². The Bertz CT molecular complexity index is 516. The summed E-state index contributed by atoms with van der Waals surface area (Å²) in [7, 11) is 0. The van der Waals surface area contributed by atoms with Gasteiger partial charge in [-0.1, -0.05) is 5.16 Å². The van der Waals surface area contributed by atoms with Gasteiger partial charge in [0.25, 0.3) is 0 Å². The molecule has 1 saturated heterocycles. The van der Waals surface area contributed by atoms with Gasteiger partial charge < -0.3 is 9.84 Å². The quantitative estimate of drug-likeness (QED) is 0.919. The number of rotatable bonds is 3. The summed E-state index contributed by atoms with van der Waals surface area (Å²) < 4.78 is 5.33. The molecule has 6 heteroatoms. The maximum absolute atomic E-state index is 5.33. The molecule has 2 aromatic heterocycles. The van der Waals surface area contributed by atoms with E-state index in [4.69, 9.17) is 4.52 Å². The molecule has 1 aliphatic heterocycles. The molecule has 5 nitrogen and oxygen atoms in total. The van der Waals surface area contributed by atoms with Gasteiger partial charge in [0.2, 0.25) is 11.7 Å². The van der Waals surface area contributed by atoms with E-state index in [1.54, 1.807) is 17.5 Å². The maximum atomic E-state index is 5.33. The SMILES string of the molecule is Cc1ncc(-c2noc(CC3CCNCC3)n2)s1. The van der Waals surface area contributed by atoms with Crippen LogP contribution in [-0.2, 0) is 6.42 Å². The van der Waals surface area contributed by atoms with Gasteiger partial charge in [-0.05, 0) is 38.8 Å². The van der Waals surface area contributed by atoms with E-state index in [2.05, 4.69) is 20.4 Å². The van der Waals surface area contributed by atoms with E-state index in [-0.39, 0.29) is 0 Å². The van der Waals surface area contributed by atoms with E-state index >= 15 is 0 Å². The summed E-state index contributed by atoms with van der Waals surface area (Å²) in [5.74, 6) is 2.09. The number of hydrogen-bond donors (Lipinski definition) is 1. The Hall–Kier alpha value is -1.27. The molecule has 18 heavy (non-hydrogen) atoms. The van der Waals surface area contributed by atoms with Gasteiger partial charge in [-0.2, -0.15) is 4.98 Å². The van der Waals surface area contributed by atoms with Gasteiger partial charge >= 0.3 is 0 Å². The third-order valence-corrected chi connectivity index (χ3v) is 4.14. The normalized spacial score (nSPS) is 17.2. The van der Waals surface area contributed by atoms with Crippen LogP contribution in [0.3, 0.4) is 0 Å². The Morgan fingerprint density at radius 1 is 1.44 bits per heavy atom. The van der Waals surface area contributed by atoms with E-state index in [0.717, 1.165) is 35.3 Å². The number of hydrogen-bond acceptors (Lipinski definition) is 6. The lowest BCUT2D eigenvalue weighted by atomic mass is 9.95. The first kappa shape index (κ1) is 11.8. The minimum absolute atomic E-state index is 0.669. The zero-order valence-corrected chi connectivity index (χ0v) is 11.2. The molecule has 96 valence electrons. The molecule has 0 aromatic carbocycles. The Morgan fingerprint density at radius 3 is 3.00 bits per heavy atom. The first-order valence-corrected chi connectivity index (χ1v) is 7.09. The van der Waals surface area contributed by atoms with Crippen LogP contribution in [0.2, 0.25) is 0 Å². The van der Waals surface area contributed by atoms with Crippen molar-refractivity contribution in [2.45, 2.75) is 26.2 Å². The van der Waals surface area contributed by atoms with Crippen molar-refractivity contribution in [3.63, 3.8) is 0 Å². The predicted octanol–water partition coefficient (Wildman–Crippen LogP) is 2.04. The van der Waals surface area contributed by atoms with E-state index in [1.807, 2.05) is 6.92 Å². The van der Waals surface area contributed by atoms with Gasteiger partial charge in [0.05, 0.1) is 9.88 Å². The molecule has 0 spiro atoms. The van der Waals surface area contributed by atoms with Crippen LogP contribution >= 0.6 is 11.3 Å². The van der Waals surface area contributed by atoms with Crippen molar-refractivity contribution < 1.29 is 4.52 Å². The summed E-state index contributed by atoms with van der Waals surface area (Å²) in [4.78, 5) is 9.65. The van der Waals surface area contributed by atoms with Crippen LogP contribution < -0.4 is 5.32 Å². The summed E-state index contributed by atoms with van der Waals surface area (Å²) in [5.41, 5.74) is 0. The van der Waals surface area contributed by atoms with Gasteiger partial charge in [-0.3, -0.25) is 0 Å². The molecule has 1 N–H and O–H groups in total. The second-order valence-corrected chi connectivity index (χ2v) is 5.89. The molecular weight excluding hydrogens is 248 g/mol. The highest BCUT2D eigenvalue weighted by atomic mass is 32.1. The predicted molar refractivity (Wildman–Crippen MR) is 69.4 cm³/mol. The van der Waals surface area contributed by atoms with Crippen molar-refractivity contribution in [3.05, 3.63) is 17.1 Å². The fourth-order valence-corrected chi connectivity index (χ4v) is 2.94. The minimum Gasteiger partial charge on any atom is -0.339 e. The second-order valence-electron chi connectivity index (χ2n) is 4.65. The van der Waals surface area contributed by atoms with Crippen molar-refractivity contribution in [2.75, 3.05) is 13.1 Å². The first-order chi connectivity index (χ1) is 8.81. The molecule has 2 aromatic rings. The van der Waals surface area contributed by atoms with Gasteiger partial charge in [0.1, 0.15) is 0 Å². The molecule has 0 radical (unpaired) electrons. The van der Waals surface area contributed by atoms with Crippen molar-refractivity contribution in [2.24, 2.45) is 5.92 Å². The lowest BCUT2D eigenvalue weighted by molar-refractivity contribution is 0.313. The van der Waals surface area contributed by atoms with Crippen LogP contribution in [-0.4, -0.2) is 28.2 Å². The summed E-state index contributed by atoms with van der Waals surface area (Å²) in [5, 5.41) is 8.42. The van der Waals surface area contributed by atoms with Gasteiger partial charge in [0, 0.05) is 12.6 Å². The van der Waals surface area contributed by atoms with Gasteiger partial charge in [-0.25, -0.2) is 4.98 Å². The zero-order valence-electron chi connectivity index (χ0n) is 10.3. The number of nitrogens with one attached hydrogen (secondary N) is 1. The number of nitrogens with zero attached hydrogens (tertiary/aromatic N) is 3. The molecule has 0 saturated carbocycles. The summed E-state index contributed by atoms with van der Waals surface area (Å²) >= 11 is 1.59. The highest BCUT2D eigenvalue weighted by Crippen LogP contribution is 2.24. The third-order valence-electron chi connectivity index (χ3n) is 3.23. The molecular formula is C12H16N4OS. The number of aryl methyl sites for hydroxylation is 1. The molecule has 1 fully saturated rings. The number of piperidine rings is 1. The van der Waals surface area contributed by atoms with Crippen LogP contribution in [0, 0.1) is 12.8 Å². The molecule has 0 aliphatic carbocycles. The average Bonchev–Trinajstić information content (AvgIpc) is 2.99. The second kappa shape index (κ2) is 5.16. The van der Waals surface area contributed by atoms with E-state index < -0.39 is 0 Å². The van der Waals surface area contributed by atoms with E-state index in [9.17, 15) is 0 Å². The van der Waals surface area contributed by atoms with E-state index in [1.165, 1.54) is 12.8 Å². The fraction of sp³-hybridized carbons (Fsp3) is 0.583. The van der Waals surface area contributed by atoms with Crippen molar-refractivity contribution in [1.82, 2.24) is 20.4 Å². The zero-order chi connectivity index (χ0) is 12.4. The lowest BCUT2D eigenvalue weighted by Gasteiger charge is -2.20. The molecule has 3 heterocycles. The maximum Gasteiger partial charge on any atom is 0.227 e.